The largest absolute Gasteiger partial charge is 0.491 e. The fourth-order valence-corrected chi connectivity index (χ4v) is 2.23. The Bertz CT molecular complexity index is 627. The van der Waals surface area contributed by atoms with Crippen molar-refractivity contribution in [2.45, 2.75) is 32.5 Å². The number of carbonyl (C=O) groups excluding carboxylic acids is 1. The van der Waals surface area contributed by atoms with E-state index < -0.39 is 6.10 Å². The maximum atomic E-state index is 11.9. The first-order chi connectivity index (χ1) is 11.5. The molecule has 0 saturated carbocycles. The van der Waals surface area contributed by atoms with E-state index in [0.29, 0.717) is 18.7 Å². The number of nitrogens with one attached hydrogen (secondary N) is 2. The van der Waals surface area contributed by atoms with Gasteiger partial charge >= 0.3 is 6.03 Å². The maximum Gasteiger partial charge on any atom is 0.319 e. The summed E-state index contributed by atoms with van der Waals surface area (Å²) in [7, 11) is 0. The maximum absolute atomic E-state index is 11.9. The van der Waals surface area contributed by atoms with E-state index >= 15 is 0 Å². The van der Waals surface area contributed by atoms with Gasteiger partial charge in [-0.2, -0.15) is 0 Å². The third-order valence-corrected chi connectivity index (χ3v) is 3.37. The summed E-state index contributed by atoms with van der Waals surface area (Å²) >= 11 is 0. The Morgan fingerprint density at radius 3 is 2.38 bits per heavy atom. The van der Waals surface area contributed by atoms with Gasteiger partial charge in [0, 0.05) is 12.2 Å². The number of urea groups is 1. The van der Waals surface area contributed by atoms with E-state index in [0.717, 1.165) is 11.3 Å². The van der Waals surface area contributed by atoms with Crippen LogP contribution in [-0.2, 0) is 0 Å². The standard InChI is InChI=1S/C19H24N2O3/c1-14(2)24-17-10-8-16(9-11-17)21-19(23)20-13-12-18(22)15-6-4-3-5-7-15/h3-11,14,18,22H,12-13H2,1-2H3,(H2,20,21,23). The van der Waals surface area contributed by atoms with Gasteiger partial charge in [-0.15, -0.1) is 0 Å². The molecular weight excluding hydrogens is 304 g/mol. The topological polar surface area (TPSA) is 70.6 Å². The minimum Gasteiger partial charge on any atom is -0.491 e. The lowest BCUT2D eigenvalue weighted by Crippen LogP contribution is -2.30. The van der Waals surface area contributed by atoms with Crippen molar-refractivity contribution in [1.82, 2.24) is 5.32 Å². The lowest BCUT2D eigenvalue weighted by Gasteiger charge is -2.13. The van der Waals surface area contributed by atoms with Crippen LogP contribution in [0.5, 0.6) is 5.75 Å². The van der Waals surface area contributed by atoms with Crippen molar-refractivity contribution in [2.75, 3.05) is 11.9 Å². The third kappa shape index (κ3) is 5.93. The number of benzene rings is 2. The molecule has 2 rings (SSSR count). The molecule has 3 N–H and O–H groups in total. The summed E-state index contributed by atoms with van der Waals surface area (Å²) in [6.45, 7) is 4.31. The van der Waals surface area contributed by atoms with Crippen LogP contribution in [0.1, 0.15) is 31.9 Å². The predicted octanol–water partition coefficient (Wildman–Crippen LogP) is 3.72. The highest BCUT2D eigenvalue weighted by molar-refractivity contribution is 5.89. The van der Waals surface area contributed by atoms with Gasteiger partial charge in [0.15, 0.2) is 0 Å². The molecule has 5 nitrogen and oxygen atoms in total. The van der Waals surface area contributed by atoms with Gasteiger partial charge in [0.05, 0.1) is 12.2 Å². The van der Waals surface area contributed by atoms with Crippen LogP contribution in [0.25, 0.3) is 0 Å². The van der Waals surface area contributed by atoms with Crippen molar-refractivity contribution < 1.29 is 14.6 Å². The van der Waals surface area contributed by atoms with Gasteiger partial charge in [-0.05, 0) is 50.1 Å². The first kappa shape index (κ1) is 17.8. The molecule has 0 spiro atoms. The van der Waals surface area contributed by atoms with Gasteiger partial charge in [0.2, 0.25) is 0 Å². The first-order valence-electron chi connectivity index (χ1n) is 8.09. The Labute approximate surface area is 142 Å². The SMILES string of the molecule is CC(C)Oc1ccc(NC(=O)NCCC(O)c2ccccc2)cc1. The van der Waals surface area contributed by atoms with Crippen LogP contribution in [0, 0.1) is 0 Å². The zero-order chi connectivity index (χ0) is 17.4. The molecule has 0 radical (unpaired) electrons. The summed E-state index contributed by atoms with van der Waals surface area (Å²) in [5.74, 6) is 0.766. The normalized spacial score (nSPS) is 11.8. The fourth-order valence-electron chi connectivity index (χ4n) is 2.23. The zero-order valence-corrected chi connectivity index (χ0v) is 14.0. The number of amides is 2. The molecule has 0 aliphatic rings. The number of aliphatic hydroxyl groups excluding tert-OH is 1. The quantitative estimate of drug-likeness (QED) is 0.725. The van der Waals surface area contributed by atoms with Crippen LogP contribution in [0.4, 0.5) is 10.5 Å². The zero-order valence-electron chi connectivity index (χ0n) is 14.0. The Kier molecular flexibility index (Phi) is 6.63. The first-order valence-corrected chi connectivity index (χ1v) is 8.09. The third-order valence-electron chi connectivity index (χ3n) is 3.37. The van der Waals surface area contributed by atoms with E-state index in [1.54, 1.807) is 12.1 Å². The van der Waals surface area contributed by atoms with Crippen LogP contribution >= 0.6 is 0 Å². The van der Waals surface area contributed by atoms with Crippen molar-refractivity contribution >= 4 is 11.7 Å². The smallest absolute Gasteiger partial charge is 0.319 e. The molecule has 1 atom stereocenters. The van der Waals surface area contributed by atoms with E-state index in [4.69, 9.17) is 4.74 Å². The monoisotopic (exact) mass is 328 g/mol. The number of aliphatic hydroxyl groups is 1. The summed E-state index contributed by atoms with van der Waals surface area (Å²) in [6.07, 6.45) is -0.0133. The van der Waals surface area contributed by atoms with Crippen molar-refractivity contribution in [3.63, 3.8) is 0 Å². The highest BCUT2D eigenvalue weighted by Crippen LogP contribution is 2.17. The average molecular weight is 328 g/mol. The lowest BCUT2D eigenvalue weighted by molar-refractivity contribution is 0.167. The van der Waals surface area contributed by atoms with Crippen molar-refractivity contribution in [1.29, 1.82) is 0 Å². The van der Waals surface area contributed by atoms with E-state index in [1.165, 1.54) is 0 Å². The molecule has 0 heterocycles. The molecule has 2 amide bonds. The second-order valence-corrected chi connectivity index (χ2v) is 5.79. The number of ether oxygens (including phenoxy) is 1. The van der Waals surface area contributed by atoms with Gasteiger partial charge in [-0.25, -0.2) is 4.79 Å². The number of anilines is 1. The second kappa shape index (κ2) is 8.93. The lowest BCUT2D eigenvalue weighted by atomic mass is 10.1. The molecule has 1 unspecified atom stereocenters. The molecule has 5 heteroatoms. The van der Waals surface area contributed by atoms with Crippen LogP contribution in [0.15, 0.2) is 54.6 Å². The minimum absolute atomic E-state index is 0.114. The summed E-state index contributed by atoms with van der Waals surface area (Å²) in [6, 6.07) is 16.3. The van der Waals surface area contributed by atoms with Gasteiger partial charge in [-0.1, -0.05) is 30.3 Å². The summed E-state index contributed by atoms with van der Waals surface area (Å²) in [5, 5.41) is 15.5. The predicted molar refractivity (Wildman–Crippen MR) is 95.2 cm³/mol. The molecule has 0 aliphatic heterocycles. The van der Waals surface area contributed by atoms with Gasteiger partial charge in [-0.3, -0.25) is 0 Å². The molecule has 0 saturated heterocycles. The van der Waals surface area contributed by atoms with E-state index in [2.05, 4.69) is 10.6 Å². The van der Waals surface area contributed by atoms with Crippen molar-refractivity contribution in [3.8, 4) is 5.75 Å². The molecule has 2 aromatic carbocycles. The molecule has 24 heavy (non-hydrogen) atoms. The van der Waals surface area contributed by atoms with E-state index in [1.807, 2.05) is 56.3 Å². The van der Waals surface area contributed by atoms with Gasteiger partial charge in [0.25, 0.3) is 0 Å². The number of hydrogen-bond donors (Lipinski definition) is 3. The van der Waals surface area contributed by atoms with Gasteiger partial charge < -0.3 is 20.5 Å². The molecule has 0 fully saturated rings. The summed E-state index contributed by atoms with van der Waals surface area (Å²) in [5.41, 5.74) is 1.53. The molecule has 0 aromatic heterocycles. The van der Waals surface area contributed by atoms with E-state index in [9.17, 15) is 9.90 Å². The minimum atomic E-state index is -0.584. The van der Waals surface area contributed by atoms with Crippen LogP contribution in [0.2, 0.25) is 0 Å². The second-order valence-electron chi connectivity index (χ2n) is 5.79. The average Bonchev–Trinajstić information content (AvgIpc) is 2.57. The molecule has 0 bridgehead atoms. The molecule has 0 aliphatic carbocycles. The van der Waals surface area contributed by atoms with Crippen molar-refractivity contribution in [2.24, 2.45) is 0 Å². The summed E-state index contributed by atoms with van der Waals surface area (Å²) < 4.78 is 5.55. The van der Waals surface area contributed by atoms with Gasteiger partial charge in [0.1, 0.15) is 5.75 Å². The molecule has 128 valence electrons. The number of rotatable bonds is 7. The number of hydrogen-bond acceptors (Lipinski definition) is 3. The highest BCUT2D eigenvalue weighted by Gasteiger charge is 2.08. The Balaban J connectivity index is 1.73. The number of carbonyl (C=O) groups is 1. The Morgan fingerprint density at radius 2 is 1.75 bits per heavy atom. The molecule has 2 aromatic rings. The summed E-state index contributed by atoms with van der Waals surface area (Å²) in [4.78, 5) is 11.9. The Morgan fingerprint density at radius 1 is 1.08 bits per heavy atom. The molecular formula is C19H24N2O3. The van der Waals surface area contributed by atoms with Crippen LogP contribution in [0.3, 0.4) is 0 Å². The fraction of sp³-hybridized carbons (Fsp3) is 0.316. The highest BCUT2D eigenvalue weighted by atomic mass is 16.5. The Hall–Kier alpha value is -2.53. The van der Waals surface area contributed by atoms with Crippen LogP contribution < -0.4 is 15.4 Å². The van der Waals surface area contributed by atoms with Crippen molar-refractivity contribution in [3.05, 3.63) is 60.2 Å². The van der Waals surface area contributed by atoms with Crippen LogP contribution in [-0.4, -0.2) is 23.8 Å². The van der Waals surface area contributed by atoms with E-state index in [-0.39, 0.29) is 12.1 Å².